The van der Waals surface area contributed by atoms with E-state index in [9.17, 15) is 18.0 Å². The first-order chi connectivity index (χ1) is 9.90. The Morgan fingerprint density at radius 1 is 1.29 bits per heavy atom. The molecule has 7 nitrogen and oxygen atoms in total. The van der Waals surface area contributed by atoms with E-state index in [1.807, 2.05) is 0 Å². The number of benzene rings is 1. The summed E-state index contributed by atoms with van der Waals surface area (Å²) in [6, 6.07) is 6.56. The van der Waals surface area contributed by atoms with Crippen LogP contribution in [0.5, 0.6) is 0 Å². The highest BCUT2D eigenvalue weighted by Gasteiger charge is 2.22. The summed E-state index contributed by atoms with van der Waals surface area (Å²) in [6.07, 6.45) is -0.315. The van der Waals surface area contributed by atoms with Crippen molar-refractivity contribution in [2.75, 3.05) is 19.5 Å². The number of esters is 1. The van der Waals surface area contributed by atoms with Crippen molar-refractivity contribution in [2.45, 2.75) is 17.4 Å². The minimum absolute atomic E-state index is 0.129. The quantitative estimate of drug-likeness (QED) is 0.657. The van der Waals surface area contributed by atoms with Crippen molar-refractivity contribution in [3.05, 3.63) is 30.3 Å². The molecular formula is C13H17NO6S. The molecule has 0 saturated carbocycles. The third kappa shape index (κ3) is 5.16. The van der Waals surface area contributed by atoms with E-state index in [2.05, 4.69) is 10.1 Å². The van der Waals surface area contributed by atoms with Crippen LogP contribution in [0.2, 0.25) is 0 Å². The lowest BCUT2D eigenvalue weighted by Gasteiger charge is -2.13. The molecule has 8 heteroatoms. The van der Waals surface area contributed by atoms with Crippen LogP contribution >= 0.6 is 0 Å². The Bertz CT molecular complexity index is 584. The fourth-order valence-electron chi connectivity index (χ4n) is 1.56. The molecular weight excluding hydrogens is 298 g/mol. The lowest BCUT2D eigenvalue weighted by molar-refractivity contribution is -0.146. The second kappa shape index (κ2) is 7.75. The number of sulfone groups is 1. The zero-order chi connectivity index (χ0) is 15.9. The number of amides is 1. The van der Waals surface area contributed by atoms with Gasteiger partial charge in [0.1, 0.15) is 0 Å². The first kappa shape index (κ1) is 17.1. The highest BCUT2D eigenvalue weighted by Crippen LogP contribution is 2.11. The van der Waals surface area contributed by atoms with Crippen molar-refractivity contribution >= 4 is 21.7 Å². The Kier molecular flexibility index (Phi) is 6.32. The Balaban J connectivity index is 2.59. The van der Waals surface area contributed by atoms with E-state index in [4.69, 9.17) is 5.11 Å². The van der Waals surface area contributed by atoms with Crippen LogP contribution in [0.1, 0.15) is 6.42 Å². The molecule has 2 N–H and O–H groups in total. The van der Waals surface area contributed by atoms with Gasteiger partial charge in [-0.2, -0.15) is 0 Å². The Hall–Kier alpha value is -1.93. The number of ether oxygens (including phenoxy) is 1. The lowest BCUT2D eigenvalue weighted by atomic mass is 10.3. The van der Waals surface area contributed by atoms with Gasteiger partial charge in [0.05, 0.1) is 24.4 Å². The summed E-state index contributed by atoms with van der Waals surface area (Å²) in [4.78, 5) is 22.9. The topological polar surface area (TPSA) is 110 Å². The number of carbonyl (C=O) groups is 2. The summed E-state index contributed by atoms with van der Waals surface area (Å²) in [5.74, 6) is -1.84. The van der Waals surface area contributed by atoms with Crippen LogP contribution in [0.15, 0.2) is 35.2 Å². The zero-order valence-corrected chi connectivity index (χ0v) is 12.3. The Morgan fingerprint density at radius 2 is 1.90 bits per heavy atom. The van der Waals surface area contributed by atoms with E-state index < -0.39 is 34.4 Å². The predicted molar refractivity (Wildman–Crippen MR) is 74.1 cm³/mol. The van der Waals surface area contributed by atoms with Crippen molar-refractivity contribution in [3.63, 3.8) is 0 Å². The molecule has 0 aliphatic rings. The van der Waals surface area contributed by atoms with E-state index in [1.54, 1.807) is 18.2 Å². The van der Waals surface area contributed by atoms with Crippen molar-refractivity contribution in [1.82, 2.24) is 5.32 Å². The molecule has 0 aliphatic heterocycles. The molecule has 0 aliphatic carbocycles. The van der Waals surface area contributed by atoms with Gasteiger partial charge < -0.3 is 15.2 Å². The standard InChI is InChI=1S/C13H17NO6S/c1-20-13(17)11(9-15)14-12(16)7-8-21(18,19)10-5-3-2-4-6-10/h2-6,11,15H,7-9H2,1H3,(H,14,16)/t11-/m1/s1. The average Bonchev–Trinajstić information content (AvgIpc) is 2.50. The maximum absolute atomic E-state index is 12.0. The second-order valence-electron chi connectivity index (χ2n) is 4.21. The number of carbonyl (C=O) groups excluding carboxylic acids is 2. The van der Waals surface area contributed by atoms with Gasteiger partial charge in [0.15, 0.2) is 15.9 Å². The molecule has 0 fully saturated rings. The predicted octanol–water partition coefficient (Wildman–Crippen LogP) is -0.500. The SMILES string of the molecule is COC(=O)[C@@H](CO)NC(=O)CCS(=O)(=O)c1ccccc1. The largest absolute Gasteiger partial charge is 0.467 e. The van der Waals surface area contributed by atoms with Crippen LogP contribution in [-0.4, -0.2) is 50.9 Å². The summed E-state index contributed by atoms with van der Waals surface area (Å²) in [7, 11) is -2.44. The molecule has 0 unspecified atom stereocenters. The first-order valence-corrected chi connectivity index (χ1v) is 7.82. The fraction of sp³-hybridized carbons (Fsp3) is 0.385. The molecule has 21 heavy (non-hydrogen) atoms. The van der Waals surface area contributed by atoms with Gasteiger partial charge >= 0.3 is 5.97 Å². The second-order valence-corrected chi connectivity index (χ2v) is 6.32. The summed E-state index contributed by atoms with van der Waals surface area (Å²) in [6.45, 7) is -0.621. The molecule has 1 amide bonds. The highest BCUT2D eigenvalue weighted by molar-refractivity contribution is 7.91. The molecule has 1 atom stereocenters. The van der Waals surface area contributed by atoms with Crippen LogP contribution in [0.25, 0.3) is 0 Å². The van der Waals surface area contributed by atoms with Crippen LogP contribution in [0.4, 0.5) is 0 Å². The molecule has 0 heterocycles. The van der Waals surface area contributed by atoms with E-state index in [0.717, 1.165) is 7.11 Å². The summed E-state index contributed by atoms with van der Waals surface area (Å²) in [5.41, 5.74) is 0. The maximum Gasteiger partial charge on any atom is 0.330 e. The lowest BCUT2D eigenvalue weighted by Crippen LogP contribution is -2.44. The van der Waals surface area contributed by atoms with Crippen molar-refractivity contribution in [1.29, 1.82) is 0 Å². The molecule has 0 radical (unpaired) electrons. The third-order valence-electron chi connectivity index (χ3n) is 2.70. The van der Waals surface area contributed by atoms with E-state index >= 15 is 0 Å². The average molecular weight is 315 g/mol. The molecule has 1 aromatic rings. The minimum atomic E-state index is -3.56. The molecule has 0 aromatic heterocycles. The van der Waals surface area contributed by atoms with Gasteiger partial charge in [-0.3, -0.25) is 4.79 Å². The third-order valence-corrected chi connectivity index (χ3v) is 4.44. The maximum atomic E-state index is 12.0. The highest BCUT2D eigenvalue weighted by atomic mass is 32.2. The van der Waals surface area contributed by atoms with Crippen molar-refractivity contribution < 1.29 is 27.9 Å². The zero-order valence-electron chi connectivity index (χ0n) is 11.5. The van der Waals surface area contributed by atoms with E-state index in [0.29, 0.717) is 0 Å². The first-order valence-electron chi connectivity index (χ1n) is 6.16. The fourth-order valence-corrected chi connectivity index (χ4v) is 2.82. The molecule has 1 aromatic carbocycles. The van der Waals surface area contributed by atoms with Crippen molar-refractivity contribution in [3.8, 4) is 0 Å². The Morgan fingerprint density at radius 3 is 2.43 bits per heavy atom. The van der Waals surface area contributed by atoms with Gasteiger partial charge in [-0.05, 0) is 12.1 Å². The van der Waals surface area contributed by atoms with Gasteiger partial charge in [-0.1, -0.05) is 18.2 Å². The number of methoxy groups -OCH3 is 1. The van der Waals surface area contributed by atoms with Crippen LogP contribution in [0.3, 0.4) is 0 Å². The van der Waals surface area contributed by atoms with Crippen LogP contribution < -0.4 is 5.32 Å². The number of aliphatic hydroxyl groups is 1. The molecule has 116 valence electrons. The number of nitrogens with one attached hydrogen (secondary N) is 1. The van der Waals surface area contributed by atoms with Gasteiger partial charge in [0.25, 0.3) is 0 Å². The summed E-state index contributed by atoms with van der Waals surface area (Å²) in [5, 5.41) is 11.2. The number of rotatable bonds is 7. The van der Waals surface area contributed by atoms with Gasteiger partial charge in [-0.25, -0.2) is 13.2 Å². The van der Waals surface area contributed by atoms with Gasteiger partial charge in [0.2, 0.25) is 5.91 Å². The van der Waals surface area contributed by atoms with Gasteiger partial charge in [0, 0.05) is 6.42 Å². The number of hydrogen-bond acceptors (Lipinski definition) is 6. The Labute approximate surface area is 122 Å². The van der Waals surface area contributed by atoms with Gasteiger partial charge in [-0.15, -0.1) is 0 Å². The molecule has 0 spiro atoms. The summed E-state index contributed by atoms with van der Waals surface area (Å²) < 4.78 is 28.3. The normalized spacial score (nSPS) is 12.5. The molecule has 0 bridgehead atoms. The van der Waals surface area contributed by atoms with Crippen LogP contribution in [0, 0.1) is 0 Å². The number of aliphatic hydroxyl groups excluding tert-OH is 1. The smallest absolute Gasteiger partial charge is 0.330 e. The van der Waals surface area contributed by atoms with E-state index in [-0.39, 0.29) is 17.1 Å². The van der Waals surface area contributed by atoms with E-state index in [1.165, 1.54) is 12.1 Å². The summed E-state index contributed by atoms with van der Waals surface area (Å²) >= 11 is 0. The number of hydrogen-bond donors (Lipinski definition) is 2. The molecule has 1 rings (SSSR count). The molecule has 0 saturated heterocycles. The van der Waals surface area contributed by atoms with Crippen LogP contribution in [-0.2, 0) is 24.2 Å². The van der Waals surface area contributed by atoms with Crippen molar-refractivity contribution in [2.24, 2.45) is 0 Å². The monoisotopic (exact) mass is 315 g/mol. The minimum Gasteiger partial charge on any atom is -0.467 e.